The van der Waals surface area contributed by atoms with E-state index in [0.29, 0.717) is 31.3 Å². The maximum atomic E-state index is 14.4. The lowest BCUT2D eigenvalue weighted by Crippen LogP contribution is -2.51. The Morgan fingerprint density at radius 3 is 2.61 bits per heavy atom. The number of nitrogens with zero attached hydrogens (tertiary/aromatic N) is 3. The van der Waals surface area contributed by atoms with Crippen LogP contribution in [-0.4, -0.2) is 104 Å². The van der Waals surface area contributed by atoms with Gasteiger partial charge in [0.25, 0.3) is 0 Å². The molecule has 2 aliphatic carbocycles. The molecule has 2 saturated carbocycles. The molecule has 2 amide bonds. The van der Waals surface area contributed by atoms with Crippen LogP contribution < -0.4 is 10.6 Å². The summed E-state index contributed by atoms with van der Waals surface area (Å²) in [6, 6.07) is 0.797. The Hall–Kier alpha value is -1.25. The fourth-order valence-corrected chi connectivity index (χ4v) is 6.73. The topological polar surface area (TPSA) is 67.9 Å². The van der Waals surface area contributed by atoms with E-state index in [1.54, 1.807) is 0 Å². The van der Waals surface area contributed by atoms with Crippen LogP contribution in [0.3, 0.4) is 0 Å². The van der Waals surface area contributed by atoms with Gasteiger partial charge in [0, 0.05) is 50.2 Å². The van der Waals surface area contributed by atoms with Crippen molar-refractivity contribution in [2.24, 2.45) is 11.8 Å². The molecule has 4 rings (SSSR count). The normalized spacial score (nSPS) is 39.5. The van der Waals surface area contributed by atoms with Crippen molar-refractivity contribution in [2.45, 2.75) is 94.7 Å². The zero-order chi connectivity index (χ0) is 23.7. The molecule has 2 N–H and O–H groups in total. The second kappa shape index (κ2) is 10.6. The first kappa shape index (κ1) is 24.9. The van der Waals surface area contributed by atoms with Gasteiger partial charge in [0.2, 0.25) is 11.8 Å². The summed E-state index contributed by atoms with van der Waals surface area (Å²) in [6.45, 7) is 4.56. The van der Waals surface area contributed by atoms with Crippen LogP contribution in [0.15, 0.2) is 0 Å². The number of amides is 2. The van der Waals surface area contributed by atoms with Crippen molar-refractivity contribution in [1.82, 2.24) is 25.3 Å². The zero-order valence-corrected chi connectivity index (χ0v) is 20.9. The summed E-state index contributed by atoms with van der Waals surface area (Å²) >= 11 is 0. The van der Waals surface area contributed by atoms with E-state index >= 15 is 0 Å². The maximum absolute atomic E-state index is 14.4. The van der Waals surface area contributed by atoms with E-state index in [1.807, 2.05) is 30.9 Å². The van der Waals surface area contributed by atoms with Gasteiger partial charge < -0.3 is 20.4 Å². The number of likely N-dealkylation sites (N-methyl/N-ethyl adjacent to an activating group) is 2. The van der Waals surface area contributed by atoms with Gasteiger partial charge in [-0.3, -0.25) is 14.5 Å². The molecular weight excluding hydrogens is 421 g/mol. The van der Waals surface area contributed by atoms with Crippen molar-refractivity contribution in [3.8, 4) is 0 Å². The molecule has 2 saturated heterocycles. The number of alkyl halides is 1. The van der Waals surface area contributed by atoms with Crippen molar-refractivity contribution in [3.05, 3.63) is 0 Å². The van der Waals surface area contributed by atoms with Crippen LogP contribution in [0.5, 0.6) is 0 Å². The van der Waals surface area contributed by atoms with Crippen LogP contribution in [-0.2, 0) is 9.59 Å². The van der Waals surface area contributed by atoms with Gasteiger partial charge in [-0.15, -0.1) is 0 Å². The maximum Gasteiger partial charge on any atom is 0.237 e. The lowest BCUT2D eigenvalue weighted by atomic mass is 9.77. The van der Waals surface area contributed by atoms with E-state index in [9.17, 15) is 14.0 Å². The van der Waals surface area contributed by atoms with E-state index in [1.165, 1.54) is 0 Å². The third-order valence-corrected chi connectivity index (χ3v) is 8.75. The van der Waals surface area contributed by atoms with Gasteiger partial charge in [-0.2, -0.15) is 0 Å². The van der Waals surface area contributed by atoms with E-state index < -0.39 is 6.17 Å². The molecule has 0 radical (unpaired) electrons. The Kier molecular flexibility index (Phi) is 7.96. The van der Waals surface area contributed by atoms with Crippen molar-refractivity contribution >= 4 is 11.8 Å². The lowest BCUT2D eigenvalue weighted by molar-refractivity contribution is -0.132. The summed E-state index contributed by atoms with van der Waals surface area (Å²) in [5.74, 6) is 0.653. The molecule has 2 heterocycles. The molecule has 33 heavy (non-hydrogen) atoms. The summed E-state index contributed by atoms with van der Waals surface area (Å²) < 4.78 is 14.4. The molecule has 0 spiro atoms. The Morgan fingerprint density at radius 2 is 1.88 bits per heavy atom. The molecule has 2 aliphatic heterocycles. The molecule has 6 unspecified atom stereocenters. The largest absolute Gasteiger partial charge is 0.352 e. The zero-order valence-electron chi connectivity index (χ0n) is 20.9. The molecule has 0 aromatic carbocycles. The number of hydrogen-bond donors (Lipinski definition) is 2. The van der Waals surface area contributed by atoms with Gasteiger partial charge in [0.15, 0.2) is 0 Å². The predicted molar refractivity (Wildman–Crippen MR) is 128 cm³/mol. The van der Waals surface area contributed by atoms with Crippen molar-refractivity contribution in [2.75, 3.05) is 40.8 Å². The fraction of sp³-hybridized carbons (Fsp3) is 0.920. The number of rotatable bonds is 6. The molecular formula is C25H44FN5O2. The van der Waals surface area contributed by atoms with Crippen LogP contribution in [0.25, 0.3) is 0 Å². The summed E-state index contributed by atoms with van der Waals surface area (Å²) in [7, 11) is 5.78. The Labute approximate surface area is 198 Å². The average Bonchev–Trinajstić information content (AvgIpc) is 3.44. The van der Waals surface area contributed by atoms with E-state index in [2.05, 4.69) is 22.5 Å². The minimum absolute atomic E-state index is 0.0164. The number of hydrogen-bond acceptors (Lipinski definition) is 5. The Balaban J connectivity index is 1.26. The third kappa shape index (κ3) is 5.70. The number of fused-ring (bicyclic) bond motifs is 1. The summed E-state index contributed by atoms with van der Waals surface area (Å²) in [5, 5.41) is 6.77. The van der Waals surface area contributed by atoms with Crippen molar-refractivity contribution < 1.29 is 14.0 Å². The van der Waals surface area contributed by atoms with E-state index in [-0.39, 0.29) is 41.9 Å². The average molecular weight is 466 g/mol. The van der Waals surface area contributed by atoms with Crippen LogP contribution in [0.4, 0.5) is 4.39 Å². The molecule has 8 heteroatoms. The fourth-order valence-electron chi connectivity index (χ4n) is 6.73. The van der Waals surface area contributed by atoms with Gasteiger partial charge >= 0.3 is 0 Å². The number of likely N-dealkylation sites (tertiary alicyclic amines) is 1. The quantitative estimate of drug-likeness (QED) is 0.624. The second-order valence-electron chi connectivity index (χ2n) is 11.4. The van der Waals surface area contributed by atoms with Crippen LogP contribution in [0.1, 0.15) is 58.3 Å². The number of carbonyl (C=O) groups excluding carboxylic acids is 2. The van der Waals surface area contributed by atoms with E-state index in [4.69, 9.17) is 0 Å². The Bertz CT molecular complexity index is 688. The minimum atomic E-state index is -0.776. The first-order chi connectivity index (χ1) is 15.7. The molecule has 0 bridgehead atoms. The molecule has 7 nitrogen and oxygen atoms in total. The Morgan fingerprint density at radius 1 is 1.09 bits per heavy atom. The first-order valence-corrected chi connectivity index (χ1v) is 13.1. The standard InChI is InChI=1S/C25H44FN5O2/c1-16-8-9-21(26)20-13-22(28-24(16)20)25(33)27-17-6-5-7-18(12-17)31-11-10-19(14-31)30(4)23(32)15-29(2)3/h16-22,24,28H,5-15H2,1-4H3,(H,27,33)/t16?,17-,18+,19?,20?,21?,22?,24?/m1/s1. The van der Waals surface area contributed by atoms with Crippen LogP contribution >= 0.6 is 0 Å². The molecule has 4 fully saturated rings. The molecule has 4 aliphatic rings. The summed E-state index contributed by atoms with van der Waals surface area (Å²) in [5.41, 5.74) is 0. The van der Waals surface area contributed by atoms with Gasteiger partial charge in [-0.1, -0.05) is 6.92 Å². The lowest BCUT2D eigenvalue weighted by Gasteiger charge is -2.36. The van der Waals surface area contributed by atoms with Gasteiger partial charge in [0.05, 0.1) is 12.6 Å². The van der Waals surface area contributed by atoms with E-state index in [0.717, 1.165) is 51.6 Å². The van der Waals surface area contributed by atoms with Crippen molar-refractivity contribution in [3.63, 3.8) is 0 Å². The van der Waals surface area contributed by atoms with Crippen molar-refractivity contribution in [1.29, 1.82) is 0 Å². The van der Waals surface area contributed by atoms with Gasteiger partial charge in [-0.05, 0) is 71.4 Å². The number of halogens is 1. The SMILES string of the molecule is CC1CCC(F)C2CC(C(=O)N[C@@H]3CCC[C@H](N4CCC(N(C)C(=O)CN(C)C)C4)C3)NC12. The van der Waals surface area contributed by atoms with Crippen LogP contribution in [0, 0.1) is 11.8 Å². The highest BCUT2D eigenvalue weighted by molar-refractivity contribution is 5.82. The summed E-state index contributed by atoms with van der Waals surface area (Å²) in [4.78, 5) is 31.9. The van der Waals surface area contributed by atoms with Crippen LogP contribution in [0.2, 0.25) is 0 Å². The highest BCUT2D eigenvalue weighted by Gasteiger charge is 2.46. The smallest absolute Gasteiger partial charge is 0.237 e. The monoisotopic (exact) mass is 465 g/mol. The first-order valence-electron chi connectivity index (χ1n) is 13.1. The highest BCUT2D eigenvalue weighted by atomic mass is 19.1. The number of nitrogens with one attached hydrogen (secondary N) is 2. The molecule has 0 aromatic heterocycles. The molecule has 8 atom stereocenters. The molecule has 0 aromatic rings. The second-order valence-corrected chi connectivity index (χ2v) is 11.4. The number of carbonyl (C=O) groups is 2. The van der Waals surface area contributed by atoms with Gasteiger partial charge in [-0.25, -0.2) is 4.39 Å². The minimum Gasteiger partial charge on any atom is -0.352 e. The predicted octanol–water partition coefficient (Wildman–Crippen LogP) is 1.62. The molecule has 188 valence electrons. The summed E-state index contributed by atoms with van der Waals surface area (Å²) in [6.07, 6.45) is 6.65. The van der Waals surface area contributed by atoms with Gasteiger partial charge in [0.1, 0.15) is 6.17 Å². The third-order valence-electron chi connectivity index (χ3n) is 8.75. The highest BCUT2D eigenvalue weighted by Crippen LogP contribution is 2.38.